The summed E-state index contributed by atoms with van der Waals surface area (Å²) in [5.41, 5.74) is 2.80. The minimum Gasteiger partial charge on any atom is -0.449 e. The molecule has 0 spiro atoms. The van der Waals surface area contributed by atoms with Gasteiger partial charge < -0.3 is 20.1 Å². The van der Waals surface area contributed by atoms with Gasteiger partial charge in [0.2, 0.25) is 0 Å². The van der Waals surface area contributed by atoms with Crippen molar-refractivity contribution in [1.29, 1.82) is 5.26 Å². The minimum atomic E-state index is -4.36. The van der Waals surface area contributed by atoms with Gasteiger partial charge in [0.1, 0.15) is 0 Å². The number of aromatic nitrogens is 1. The Morgan fingerprint density at radius 1 is 1.08 bits per heavy atom. The van der Waals surface area contributed by atoms with E-state index in [1.807, 2.05) is 42.5 Å². The van der Waals surface area contributed by atoms with Crippen molar-refractivity contribution in [2.24, 2.45) is 0 Å². The van der Waals surface area contributed by atoms with Crippen LogP contribution in [0.15, 0.2) is 72.9 Å². The number of pyridine rings is 1. The first-order chi connectivity index (χ1) is 18.1. The summed E-state index contributed by atoms with van der Waals surface area (Å²) in [5.74, 6) is -0.821. The lowest BCUT2D eigenvalue weighted by Gasteiger charge is -2.17. The summed E-state index contributed by atoms with van der Waals surface area (Å²) in [5, 5.41) is 29.7. The maximum absolute atomic E-state index is 12.0. The van der Waals surface area contributed by atoms with Crippen molar-refractivity contribution >= 4 is 13.2 Å². The topological polar surface area (TPSA) is 115 Å². The summed E-state index contributed by atoms with van der Waals surface area (Å²) in [6.07, 6.45) is -2.37. The van der Waals surface area contributed by atoms with Gasteiger partial charge in [-0.15, -0.1) is 0 Å². The molecular formula is C27H29BF3N3O4. The van der Waals surface area contributed by atoms with Gasteiger partial charge in [-0.1, -0.05) is 61.5 Å². The number of nitrogens with one attached hydrogen (secondary N) is 1. The van der Waals surface area contributed by atoms with E-state index in [2.05, 4.69) is 29.4 Å². The molecule has 3 N–H and O–H groups in total. The summed E-state index contributed by atoms with van der Waals surface area (Å²) in [4.78, 5) is 15.4. The molecule has 0 saturated carbocycles. The van der Waals surface area contributed by atoms with Gasteiger partial charge in [-0.05, 0) is 41.7 Å². The summed E-state index contributed by atoms with van der Waals surface area (Å²) >= 11 is 0. The average Bonchev–Trinajstić information content (AvgIpc) is 2.89. The van der Waals surface area contributed by atoms with Gasteiger partial charge in [-0.3, -0.25) is 4.98 Å². The first-order valence-corrected chi connectivity index (χ1v) is 11.9. The van der Waals surface area contributed by atoms with Crippen LogP contribution in [-0.4, -0.2) is 40.8 Å². The first-order valence-electron chi connectivity index (χ1n) is 11.9. The summed E-state index contributed by atoms with van der Waals surface area (Å²) in [7, 11) is -1.66. The highest BCUT2D eigenvalue weighted by Gasteiger charge is 2.30. The van der Waals surface area contributed by atoms with Gasteiger partial charge >= 0.3 is 19.4 Å². The highest BCUT2D eigenvalue weighted by Crippen LogP contribution is 2.28. The number of hydrogen-bond donors (Lipinski definition) is 3. The third kappa shape index (κ3) is 11.0. The van der Waals surface area contributed by atoms with E-state index in [1.165, 1.54) is 11.6 Å². The van der Waals surface area contributed by atoms with Crippen LogP contribution in [0.3, 0.4) is 0 Å². The molecule has 0 aliphatic rings. The zero-order chi connectivity index (χ0) is 28.0. The molecule has 1 aromatic heterocycles. The molecule has 0 bridgehead atoms. The third-order valence-electron chi connectivity index (χ3n) is 5.40. The van der Waals surface area contributed by atoms with Crippen LogP contribution >= 0.6 is 0 Å². The van der Waals surface area contributed by atoms with E-state index >= 15 is 0 Å². The van der Waals surface area contributed by atoms with Crippen LogP contribution in [0.1, 0.15) is 34.9 Å². The van der Waals surface area contributed by atoms with E-state index in [1.54, 1.807) is 6.07 Å². The van der Waals surface area contributed by atoms with Crippen molar-refractivity contribution < 1.29 is 32.8 Å². The van der Waals surface area contributed by atoms with Gasteiger partial charge in [0.15, 0.2) is 0 Å². The van der Waals surface area contributed by atoms with Crippen LogP contribution in [0, 0.1) is 11.3 Å². The zero-order valence-corrected chi connectivity index (χ0v) is 20.9. The number of hydrogen-bond acceptors (Lipinski definition) is 6. The Morgan fingerprint density at radius 2 is 1.76 bits per heavy atom. The fourth-order valence-electron chi connectivity index (χ4n) is 3.34. The quantitative estimate of drug-likeness (QED) is 0.358. The average molecular weight is 527 g/mol. The Hall–Kier alpha value is -3.88. The normalized spacial score (nSPS) is 11.4. The second-order valence-corrected chi connectivity index (χ2v) is 8.28. The molecule has 1 atom stereocenters. The number of amides is 1. The van der Waals surface area contributed by atoms with Crippen LogP contribution in [0.2, 0.25) is 0 Å². The van der Waals surface area contributed by atoms with Crippen LogP contribution in [0.4, 0.5) is 18.0 Å². The first kappa shape index (κ1) is 30.3. The Kier molecular flexibility index (Phi) is 12.3. The van der Waals surface area contributed by atoms with Crippen LogP contribution < -0.4 is 5.32 Å². The van der Waals surface area contributed by atoms with Crippen LogP contribution in [-0.2, 0) is 36.6 Å². The largest absolute Gasteiger partial charge is 0.475 e. The minimum absolute atomic E-state index is 0.0259. The Bertz CT molecular complexity index is 1170. The van der Waals surface area contributed by atoms with Crippen molar-refractivity contribution in [3.63, 3.8) is 0 Å². The molecule has 0 saturated heterocycles. The lowest BCUT2D eigenvalue weighted by Crippen LogP contribution is -2.48. The Balaban J connectivity index is 0.000000328. The zero-order valence-electron chi connectivity index (χ0n) is 20.9. The third-order valence-corrected chi connectivity index (χ3v) is 5.40. The van der Waals surface area contributed by atoms with E-state index in [0.29, 0.717) is 18.5 Å². The molecule has 3 rings (SSSR count). The molecule has 2 aromatic carbocycles. The lowest BCUT2D eigenvalue weighted by atomic mass is 9.76. The van der Waals surface area contributed by atoms with Crippen molar-refractivity contribution in [2.75, 3.05) is 6.61 Å². The Morgan fingerprint density at radius 3 is 2.34 bits per heavy atom. The van der Waals surface area contributed by atoms with Crippen LogP contribution in [0.25, 0.3) is 0 Å². The number of nitrogens with zero attached hydrogens (tertiary/aromatic N) is 2. The molecule has 0 aliphatic heterocycles. The van der Waals surface area contributed by atoms with Crippen molar-refractivity contribution in [3.05, 3.63) is 101 Å². The number of benzene rings is 2. The maximum Gasteiger partial charge on any atom is 0.475 e. The smallest absolute Gasteiger partial charge is 0.449 e. The van der Waals surface area contributed by atoms with E-state index in [-0.39, 0.29) is 13.0 Å². The number of aryl methyl sites for hydroxylation is 1. The highest BCUT2D eigenvalue weighted by molar-refractivity contribution is 6.43. The fraction of sp³-hybridized carbons (Fsp3) is 0.296. The molecule has 3 aromatic rings. The molecule has 1 heterocycles. The summed E-state index contributed by atoms with van der Waals surface area (Å²) in [6.45, 7) is 2.33. The van der Waals surface area contributed by atoms with E-state index in [9.17, 15) is 28.0 Å². The summed E-state index contributed by atoms with van der Waals surface area (Å²) in [6, 6.07) is 21.4. The lowest BCUT2D eigenvalue weighted by molar-refractivity contribution is -0.137. The summed E-state index contributed by atoms with van der Waals surface area (Å²) < 4.78 is 41.2. The van der Waals surface area contributed by atoms with Crippen molar-refractivity contribution in [2.45, 2.75) is 44.7 Å². The molecule has 11 heteroatoms. The number of rotatable bonds is 9. The number of carbonyl (C=O) groups is 1. The predicted octanol–water partition coefficient (Wildman–Crippen LogP) is 4.31. The molecule has 1 amide bonds. The SMILES string of the molecule is CCc1cccc(CCOC(=O)NC(Cc2ccccc2)B(O)O)c1.N#CCc1ccc(C(F)(F)F)cn1. The standard InChI is InChI=1S/C19H24BNO4.C8H5F3N2/c1-2-15-9-6-10-17(13-15)11-12-25-19(22)21-18(20(23)24)14-16-7-4-3-5-8-16;9-8(10,11)6-1-2-7(3-4-12)13-5-6/h3-10,13,18,23-24H,2,11-12,14H2,1H3,(H,21,22);1-2,5H,3H2. The fourth-order valence-corrected chi connectivity index (χ4v) is 3.34. The van der Waals surface area contributed by atoms with E-state index in [0.717, 1.165) is 29.8 Å². The van der Waals surface area contributed by atoms with Crippen molar-refractivity contribution in [1.82, 2.24) is 10.3 Å². The molecular weight excluding hydrogens is 498 g/mol. The molecule has 200 valence electrons. The van der Waals surface area contributed by atoms with E-state index in [4.69, 9.17) is 10.00 Å². The number of halogens is 3. The number of ether oxygens (including phenoxy) is 1. The van der Waals surface area contributed by atoms with Gasteiger partial charge in [-0.25, -0.2) is 4.79 Å². The van der Waals surface area contributed by atoms with Gasteiger partial charge in [0.05, 0.1) is 36.3 Å². The molecule has 1 unspecified atom stereocenters. The van der Waals surface area contributed by atoms with Gasteiger partial charge in [0.25, 0.3) is 0 Å². The van der Waals surface area contributed by atoms with Gasteiger partial charge in [-0.2, -0.15) is 18.4 Å². The molecule has 7 nitrogen and oxygen atoms in total. The van der Waals surface area contributed by atoms with Crippen molar-refractivity contribution in [3.8, 4) is 6.07 Å². The maximum atomic E-state index is 12.0. The number of nitriles is 1. The van der Waals surface area contributed by atoms with E-state index < -0.39 is 30.9 Å². The van der Waals surface area contributed by atoms with Crippen LogP contribution in [0.5, 0.6) is 0 Å². The molecule has 0 radical (unpaired) electrons. The molecule has 0 fully saturated rings. The Labute approximate surface area is 220 Å². The number of alkyl halides is 3. The molecule has 38 heavy (non-hydrogen) atoms. The molecule has 0 aliphatic carbocycles. The number of carbonyl (C=O) groups excluding carboxylic acids is 1. The predicted molar refractivity (Wildman–Crippen MR) is 137 cm³/mol. The monoisotopic (exact) mass is 527 g/mol. The number of alkyl carbamates (subject to hydrolysis) is 1. The second kappa shape index (κ2) is 15.4. The highest BCUT2D eigenvalue weighted by atomic mass is 19.4. The van der Waals surface area contributed by atoms with Gasteiger partial charge in [0, 0.05) is 12.6 Å². The second-order valence-electron chi connectivity index (χ2n) is 8.28.